The van der Waals surface area contributed by atoms with Crippen LogP contribution in [-0.4, -0.2) is 16.6 Å². The maximum atomic E-state index is 12.1. The Morgan fingerprint density at radius 2 is 1.20 bits per heavy atom. The van der Waals surface area contributed by atoms with E-state index in [1.807, 2.05) is 73.8 Å². The predicted molar refractivity (Wildman–Crippen MR) is 204 cm³/mol. The number of hydrogen-bond donors (Lipinski definition) is 1. The SMILES string of the molecule is CCC(C)CCCCN.CCC(C)CCCCn1ccc(=O)c(OCc2ccccc2)c1C.Cc1occc(=O)c1OCc1ccccc1.[Na+].[OH-]. The fourth-order valence-corrected chi connectivity index (χ4v) is 5.02. The quantitative estimate of drug-likeness (QED) is 0.0983. The third-order valence-corrected chi connectivity index (χ3v) is 8.74. The zero-order valence-corrected chi connectivity index (χ0v) is 34.2. The monoisotopic (exact) mass is 712 g/mol. The van der Waals surface area contributed by atoms with Gasteiger partial charge in [-0.2, -0.15) is 0 Å². The van der Waals surface area contributed by atoms with Gasteiger partial charge >= 0.3 is 29.6 Å². The Labute approximate surface area is 328 Å². The summed E-state index contributed by atoms with van der Waals surface area (Å²) >= 11 is 0. The molecule has 0 radical (unpaired) electrons. The fraction of sp³-hybridized carbons (Fsp3) is 0.476. The number of benzene rings is 2. The van der Waals surface area contributed by atoms with Crippen molar-refractivity contribution in [2.45, 2.75) is 113 Å². The number of aryl methyl sites for hydroxylation is 2. The van der Waals surface area contributed by atoms with E-state index in [9.17, 15) is 9.59 Å². The summed E-state index contributed by atoms with van der Waals surface area (Å²) in [5.41, 5.74) is 8.17. The van der Waals surface area contributed by atoms with E-state index < -0.39 is 0 Å². The van der Waals surface area contributed by atoms with Crippen molar-refractivity contribution in [1.82, 2.24) is 4.57 Å². The molecule has 0 bridgehead atoms. The molecule has 0 saturated carbocycles. The van der Waals surface area contributed by atoms with E-state index in [0.29, 0.717) is 24.7 Å². The van der Waals surface area contributed by atoms with Gasteiger partial charge in [0.05, 0.1) is 12.0 Å². The van der Waals surface area contributed by atoms with Crippen molar-refractivity contribution >= 4 is 0 Å². The normalized spacial score (nSPS) is 11.3. The molecule has 0 saturated heterocycles. The van der Waals surface area contributed by atoms with Gasteiger partial charge in [0.15, 0.2) is 5.75 Å². The second kappa shape index (κ2) is 28.4. The van der Waals surface area contributed by atoms with Gasteiger partial charge in [0, 0.05) is 24.9 Å². The van der Waals surface area contributed by atoms with Crippen LogP contribution in [0.2, 0.25) is 0 Å². The number of aromatic nitrogens is 1. The molecule has 2 heterocycles. The van der Waals surface area contributed by atoms with Crippen LogP contribution < -0.4 is 55.6 Å². The molecule has 2 aromatic carbocycles. The Balaban J connectivity index is 0.000000801. The average Bonchev–Trinajstić information content (AvgIpc) is 3.12. The minimum absolute atomic E-state index is 0. The number of nitrogens with zero attached hydrogens (tertiary/aromatic N) is 1. The summed E-state index contributed by atoms with van der Waals surface area (Å²) in [4.78, 5) is 23.6. The Hall–Kier alpha value is -3.14. The molecule has 4 aromatic rings. The summed E-state index contributed by atoms with van der Waals surface area (Å²) in [6, 6.07) is 22.6. The third-order valence-electron chi connectivity index (χ3n) is 8.74. The van der Waals surface area contributed by atoms with Crippen LogP contribution in [0.1, 0.15) is 102 Å². The summed E-state index contributed by atoms with van der Waals surface area (Å²) in [6.07, 6.45) is 13.3. The predicted octanol–water partition coefficient (Wildman–Crippen LogP) is 6.47. The fourth-order valence-electron chi connectivity index (χ4n) is 5.02. The summed E-state index contributed by atoms with van der Waals surface area (Å²) in [5.74, 6) is 2.96. The molecule has 0 aliphatic heterocycles. The molecule has 0 amide bonds. The Morgan fingerprint density at radius 3 is 1.69 bits per heavy atom. The molecule has 0 fully saturated rings. The number of nitrogens with two attached hydrogens (primary N) is 1. The van der Waals surface area contributed by atoms with Crippen molar-refractivity contribution in [2.24, 2.45) is 17.6 Å². The first kappa shape index (κ1) is 47.9. The van der Waals surface area contributed by atoms with E-state index in [1.165, 1.54) is 57.3 Å². The van der Waals surface area contributed by atoms with Crippen molar-refractivity contribution in [2.75, 3.05) is 6.54 Å². The average molecular weight is 713 g/mol. The van der Waals surface area contributed by atoms with Gasteiger partial charge in [-0.05, 0) is 56.2 Å². The number of ether oxygens (including phenoxy) is 2. The standard InChI is InChI=1S/C21H29NO2.C13H12O3.C8H19N.Na.H2O/c1-4-17(2)10-8-9-14-22-15-13-20(23)21(18(22)3)24-16-19-11-6-5-7-12-19;1-10-13(12(14)7-8-15-10)16-9-11-5-3-2-4-6-11;1-3-8(2)6-4-5-7-9;;/h5-7,11-13,15,17H,4,8-10,14,16H2,1-3H3;2-8H,9H2,1H3;8H,3-7,9H2,1-2H3;;1H2/q;;;+1;/p-1. The van der Waals surface area contributed by atoms with E-state index in [2.05, 4.69) is 32.3 Å². The van der Waals surface area contributed by atoms with E-state index in [4.69, 9.17) is 19.6 Å². The van der Waals surface area contributed by atoms with Gasteiger partial charge in [-0.15, -0.1) is 0 Å². The molecule has 3 N–H and O–H groups in total. The second-order valence-electron chi connectivity index (χ2n) is 12.8. The Kier molecular flexibility index (Phi) is 26.7. The molecule has 2 unspecified atom stereocenters. The zero-order chi connectivity index (χ0) is 35.9. The summed E-state index contributed by atoms with van der Waals surface area (Å²) in [7, 11) is 0. The van der Waals surface area contributed by atoms with Crippen LogP contribution in [-0.2, 0) is 19.8 Å². The molecule has 4 rings (SSSR count). The van der Waals surface area contributed by atoms with Crippen LogP contribution in [0.5, 0.6) is 11.5 Å². The molecule has 276 valence electrons. The first-order valence-electron chi connectivity index (χ1n) is 18.0. The van der Waals surface area contributed by atoms with E-state index in [-0.39, 0.29) is 51.6 Å². The smallest absolute Gasteiger partial charge is 0.870 e. The Bertz CT molecular complexity index is 1560. The third kappa shape index (κ3) is 19.3. The van der Waals surface area contributed by atoms with E-state index >= 15 is 0 Å². The van der Waals surface area contributed by atoms with Gasteiger partial charge in [0.25, 0.3) is 0 Å². The molecular weight excluding hydrogens is 651 g/mol. The van der Waals surface area contributed by atoms with Crippen LogP contribution in [0.4, 0.5) is 0 Å². The van der Waals surface area contributed by atoms with Gasteiger partial charge in [-0.3, -0.25) is 9.59 Å². The maximum absolute atomic E-state index is 12.1. The Morgan fingerprint density at radius 1 is 0.706 bits per heavy atom. The molecule has 0 spiro atoms. The minimum atomic E-state index is -0.153. The molecule has 2 aromatic heterocycles. The maximum Gasteiger partial charge on any atom is 1.00 e. The second-order valence-corrected chi connectivity index (χ2v) is 12.8. The van der Waals surface area contributed by atoms with E-state index in [1.54, 1.807) is 13.0 Å². The molecule has 2 atom stereocenters. The van der Waals surface area contributed by atoms with E-state index in [0.717, 1.165) is 48.2 Å². The van der Waals surface area contributed by atoms with Gasteiger partial charge in [0.2, 0.25) is 16.6 Å². The topological polar surface area (TPSA) is 127 Å². The first-order valence-corrected chi connectivity index (χ1v) is 18.0. The number of unbranched alkanes of at least 4 members (excludes halogenated alkanes) is 2. The molecular formula is C42H61N2NaO6. The van der Waals surface area contributed by atoms with Gasteiger partial charge in [-0.25, -0.2) is 0 Å². The zero-order valence-electron chi connectivity index (χ0n) is 32.2. The van der Waals surface area contributed by atoms with Crippen LogP contribution in [0.25, 0.3) is 0 Å². The van der Waals surface area contributed by atoms with Crippen LogP contribution in [0, 0.1) is 25.7 Å². The number of rotatable bonds is 17. The van der Waals surface area contributed by atoms with Crippen molar-refractivity contribution in [3.8, 4) is 11.5 Å². The summed E-state index contributed by atoms with van der Waals surface area (Å²) in [5, 5.41) is 0. The van der Waals surface area contributed by atoms with Crippen molar-refractivity contribution in [3.05, 3.63) is 128 Å². The molecule has 51 heavy (non-hydrogen) atoms. The first-order chi connectivity index (χ1) is 23.7. The summed E-state index contributed by atoms with van der Waals surface area (Å²) in [6.45, 7) is 15.4. The molecule has 0 aliphatic carbocycles. The van der Waals surface area contributed by atoms with Gasteiger partial charge in [-0.1, -0.05) is 127 Å². The van der Waals surface area contributed by atoms with Gasteiger partial charge in [0.1, 0.15) is 19.0 Å². The van der Waals surface area contributed by atoms with Crippen LogP contribution in [0.3, 0.4) is 0 Å². The van der Waals surface area contributed by atoms with Crippen LogP contribution in [0.15, 0.2) is 99.3 Å². The van der Waals surface area contributed by atoms with Gasteiger partial charge < -0.3 is 29.7 Å². The minimum Gasteiger partial charge on any atom is -0.870 e. The van der Waals surface area contributed by atoms with Crippen molar-refractivity contribution in [1.29, 1.82) is 0 Å². The largest absolute Gasteiger partial charge is 1.00 e. The molecule has 8 nitrogen and oxygen atoms in total. The molecule has 9 heteroatoms. The number of hydrogen-bond acceptors (Lipinski definition) is 7. The van der Waals surface area contributed by atoms with Crippen LogP contribution >= 0.6 is 0 Å². The van der Waals surface area contributed by atoms with Crippen molar-refractivity contribution in [3.63, 3.8) is 0 Å². The number of pyridine rings is 1. The summed E-state index contributed by atoms with van der Waals surface area (Å²) < 4.78 is 18.5. The molecule has 0 aliphatic rings. The van der Waals surface area contributed by atoms with Crippen molar-refractivity contribution < 1.29 is 48.9 Å².